The molecule has 1 N–H and O–H groups in total. The first-order valence-corrected chi connectivity index (χ1v) is 7.42. The molecule has 0 aliphatic carbocycles. The highest BCUT2D eigenvalue weighted by atomic mass is 16.5. The lowest BCUT2D eigenvalue weighted by Crippen LogP contribution is -2.28. The lowest BCUT2D eigenvalue weighted by molar-refractivity contribution is 0.0523. The molecular formula is C17H16N2O4. The number of hydrogen-bond acceptors (Lipinski definition) is 5. The molecule has 2 heterocycles. The van der Waals surface area contributed by atoms with Gasteiger partial charge >= 0.3 is 5.97 Å². The molecule has 6 heteroatoms. The third-order valence-electron chi connectivity index (χ3n) is 3.69. The first-order chi connectivity index (χ1) is 11.1. The molecule has 118 valence electrons. The Bertz CT molecular complexity index is 824. The fourth-order valence-electron chi connectivity index (χ4n) is 2.63. The van der Waals surface area contributed by atoms with E-state index in [1.165, 1.54) is 10.6 Å². The van der Waals surface area contributed by atoms with Gasteiger partial charge in [-0.25, -0.2) is 4.79 Å². The second-order valence-electron chi connectivity index (χ2n) is 5.12. The van der Waals surface area contributed by atoms with Gasteiger partial charge < -0.3 is 10.1 Å². The molecule has 0 amide bonds. The zero-order chi connectivity index (χ0) is 16.4. The summed E-state index contributed by atoms with van der Waals surface area (Å²) in [6, 6.07) is 10.1. The van der Waals surface area contributed by atoms with Crippen LogP contribution in [0, 0.1) is 0 Å². The Balaban J connectivity index is 2.15. The number of pyridine rings is 1. The van der Waals surface area contributed by atoms with E-state index in [4.69, 9.17) is 4.74 Å². The van der Waals surface area contributed by atoms with E-state index in [0.717, 1.165) is 0 Å². The number of carbonyl (C=O) groups is 2. The van der Waals surface area contributed by atoms with Crippen LogP contribution in [0.25, 0.3) is 0 Å². The van der Waals surface area contributed by atoms with E-state index in [2.05, 4.69) is 5.32 Å². The lowest BCUT2D eigenvalue weighted by atomic mass is 10.0. The van der Waals surface area contributed by atoms with Crippen molar-refractivity contribution in [3.8, 4) is 0 Å². The highest BCUT2D eigenvalue weighted by molar-refractivity contribution is 6.12. The minimum absolute atomic E-state index is 0.112. The predicted molar refractivity (Wildman–Crippen MR) is 85.0 cm³/mol. The van der Waals surface area contributed by atoms with Crippen LogP contribution in [0.2, 0.25) is 0 Å². The normalized spacial score (nSPS) is 12.4. The third kappa shape index (κ3) is 2.63. The van der Waals surface area contributed by atoms with Gasteiger partial charge in [0.25, 0.3) is 5.56 Å². The van der Waals surface area contributed by atoms with Crippen LogP contribution in [0.4, 0.5) is 5.82 Å². The van der Waals surface area contributed by atoms with Crippen molar-refractivity contribution in [1.29, 1.82) is 0 Å². The number of esters is 1. The van der Waals surface area contributed by atoms with Crippen LogP contribution in [0.1, 0.15) is 33.2 Å². The monoisotopic (exact) mass is 312 g/mol. The summed E-state index contributed by atoms with van der Waals surface area (Å²) in [5.41, 5.74) is 0.250. The number of anilines is 1. The summed E-state index contributed by atoms with van der Waals surface area (Å²) in [5, 5.41) is 3.05. The fourth-order valence-corrected chi connectivity index (χ4v) is 2.63. The van der Waals surface area contributed by atoms with Crippen molar-refractivity contribution >= 4 is 17.6 Å². The number of ether oxygens (including phenoxy) is 1. The van der Waals surface area contributed by atoms with Crippen LogP contribution >= 0.6 is 0 Å². The maximum Gasteiger partial charge on any atom is 0.343 e. The van der Waals surface area contributed by atoms with Gasteiger partial charge in [0.05, 0.1) is 12.2 Å². The highest BCUT2D eigenvalue weighted by Crippen LogP contribution is 2.22. The minimum Gasteiger partial charge on any atom is -0.462 e. The van der Waals surface area contributed by atoms with Gasteiger partial charge in [0, 0.05) is 18.7 Å². The molecule has 1 aromatic heterocycles. The van der Waals surface area contributed by atoms with E-state index < -0.39 is 11.5 Å². The zero-order valence-corrected chi connectivity index (χ0v) is 12.7. The summed E-state index contributed by atoms with van der Waals surface area (Å²) < 4.78 is 6.34. The maximum absolute atomic E-state index is 12.7. The van der Waals surface area contributed by atoms with E-state index in [1.54, 1.807) is 31.2 Å². The van der Waals surface area contributed by atoms with Gasteiger partial charge in [0.2, 0.25) is 0 Å². The van der Waals surface area contributed by atoms with Gasteiger partial charge in [-0.15, -0.1) is 0 Å². The summed E-state index contributed by atoms with van der Waals surface area (Å²) in [5.74, 6) is -0.493. The number of hydrogen-bond donors (Lipinski definition) is 1. The van der Waals surface area contributed by atoms with Crippen molar-refractivity contribution in [1.82, 2.24) is 4.57 Å². The summed E-state index contributed by atoms with van der Waals surface area (Å²) in [6.45, 7) is 2.79. The van der Waals surface area contributed by atoms with Crippen molar-refractivity contribution in [3.63, 3.8) is 0 Å². The first-order valence-electron chi connectivity index (χ1n) is 7.42. The molecule has 1 aromatic carbocycles. The number of benzene rings is 1. The van der Waals surface area contributed by atoms with E-state index in [1.807, 2.05) is 6.07 Å². The highest BCUT2D eigenvalue weighted by Gasteiger charge is 2.26. The predicted octanol–water partition coefficient (Wildman–Crippen LogP) is 1.68. The number of nitrogens with zero attached hydrogens (tertiary/aromatic N) is 1. The van der Waals surface area contributed by atoms with Crippen molar-refractivity contribution in [2.45, 2.75) is 13.5 Å². The van der Waals surface area contributed by atoms with Crippen LogP contribution in [0.15, 0.2) is 41.2 Å². The minimum atomic E-state index is -0.707. The number of carbonyl (C=O) groups excluding carboxylic acids is 2. The molecule has 3 rings (SSSR count). The second-order valence-corrected chi connectivity index (χ2v) is 5.12. The average molecular weight is 312 g/mol. The molecule has 6 nitrogen and oxygen atoms in total. The maximum atomic E-state index is 12.7. The van der Waals surface area contributed by atoms with Crippen molar-refractivity contribution < 1.29 is 14.3 Å². The van der Waals surface area contributed by atoms with Gasteiger partial charge in [-0.1, -0.05) is 30.3 Å². The van der Waals surface area contributed by atoms with Crippen molar-refractivity contribution in [2.24, 2.45) is 0 Å². The Morgan fingerprint density at radius 3 is 2.65 bits per heavy atom. The molecular weight excluding hydrogens is 296 g/mol. The van der Waals surface area contributed by atoms with Crippen LogP contribution in [-0.2, 0) is 11.3 Å². The molecule has 0 radical (unpaired) electrons. The molecule has 0 bridgehead atoms. The number of aromatic nitrogens is 1. The van der Waals surface area contributed by atoms with Gasteiger partial charge in [-0.05, 0) is 13.0 Å². The van der Waals surface area contributed by atoms with Crippen molar-refractivity contribution in [3.05, 3.63) is 63.4 Å². The molecule has 0 fully saturated rings. The van der Waals surface area contributed by atoms with E-state index in [9.17, 15) is 14.4 Å². The Morgan fingerprint density at radius 2 is 1.96 bits per heavy atom. The SMILES string of the molecule is CCOC(=O)c1cc(C(=O)c2ccccc2)c2n(c1=O)CCN2. The Kier molecular flexibility index (Phi) is 3.97. The number of fused-ring (bicyclic) bond motifs is 1. The van der Waals surface area contributed by atoms with Crippen LogP contribution < -0.4 is 10.9 Å². The fraction of sp³-hybridized carbons (Fsp3) is 0.235. The van der Waals surface area contributed by atoms with E-state index in [0.29, 0.717) is 30.0 Å². The lowest BCUT2D eigenvalue weighted by Gasteiger charge is -2.11. The molecule has 23 heavy (non-hydrogen) atoms. The number of ketones is 1. The summed E-state index contributed by atoms with van der Waals surface area (Å²) >= 11 is 0. The van der Waals surface area contributed by atoms with Crippen molar-refractivity contribution in [2.75, 3.05) is 18.5 Å². The largest absolute Gasteiger partial charge is 0.462 e. The van der Waals surface area contributed by atoms with E-state index in [-0.39, 0.29) is 18.0 Å². The zero-order valence-electron chi connectivity index (χ0n) is 12.7. The second kappa shape index (κ2) is 6.08. The summed E-state index contributed by atoms with van der Waals surface area (Å²) in [7, 11) is 0. The van der Waals surface area contributed by atoms with Crippen LogP contribution in [0.5, 0.6) is 0 Å². The molecule has 0 atom stereocenters. The smallest absolute Gasteiger partial charge is 0.343 e. The molecule has 0 spiro atoms. The summed E-state index contributed by atoms with van der Waals surface area (Å²) in [4.78, 5) is 37.2. The molecule has 1 aliphatic rings. The quantitative estimate of drug-likeness (QED) is 0.686. The third-order valence-corrected chi connectivity index (χ3v) is 3.69. The standard InChI is InChI=1S/C17H16N2O4/c1-2-23-17(22)13-10-12(14(20)11-6-4-3-5-7-11)15-18-8-9-19(15)16(13)21/h3-7,10,18H,2,8-9H2,1H3. The number of rotatable bonds is 4. The molecule has 0 saturated carbocycles. The molecule has 0 unspecified atom stereocenters. The van der Waals surface area contributed by atoms with E-state index >= 15 is 0 Å². The Labute approximate surface area is 132 Å². The Morgan fingerprint density at radius 1 is 1.22 bits per heavy atom. The van der Waals surface area contributed by atoms with Gasteiger partial charge in [0.15, 0.2) is 5.78 Å². The van der Waals surface area contributed by atoms with Gasteiger partial charge in [-0.2, -0.15) is 0 Å². The molecule has 0 saturated heterocycles. The van der Waals surface area contributed by atoms with Gasteiger partial charge in [0.1, 0.15) is 11.4 Å². The topological polar surface area (TPSA) is 77.4 Å². The van der Waals surface area contributed by atoms with Crippen LogP contribution in [-0.4, -0.2) is 29.5 Å². The summed E-state index contributed by atoms with van der Waals surface area (Å²) in [6.07, 6.45) is 0. The van der Waals surface area contributed by atoms with Crippen LogP contribution in [0.3, 0.4) is 0 Å². The first kappa shape index (κ1) is 15.0. The molecule has 2 aromatic rings. The average Bonchev–Trinajstić information content (AvgIpc) is 3.06. The van der Waals surface area contributed by atoms with Gasteiger partial charge in [-0.3, -0.25) is 14.2 Å². The number of nitrogens with one attached hydrogen (secondary N) is 1. The molecule has 1 aliphatic heterocycles. The Hall–Kier alpha value is -2.89.